The molecule has 134 valence electrons. The van der Waals surface area contributed by atoms with Gasteiger partial charge in [0.05, 0.1) is 0 Å². The number of aromatic nitrogens is 1. The van der Waals surface area contributed by atoms with Crippen LogP contribution in [0.2, 0.25) is 0 Å². The van der Waals surface area contributed by atoms with Gasteiger partial charge in [0, 0.05) is 28.6 Å². The van der Waals surface area contributed by atoms with Crippen molar-refractivity contribution in [1.29, 1.82) is 0 Å². The fourth-order valence-electron chi connectivity index (χ4n) is 3.34. The van der Waals surface area contributed by atoms with E-state index < -0.39 is 0 Å². The third kappa shape index (κ3) is 4.35. The highest BCUT2D eigenvalue weighted by Gasteiger charge is 2.15. The second kappa shape index (κ2) is 8.32. The molecule has 0 amide bonds. The van der Waals surface area contributed by atoms with Gasteiger partial charge >= 0.3 is 0 Å². The van der Waals surface area contributed by atoms with E-state index in [2.05, 4.69) is 115 Å². The van der Waals surface area contributed by atoms with Gasteiger partial charge in [-0.25, -0.2) is 0 Å². The number of nitrogens with zero attached hydrogens (tertiary/aromatic N) is 1. The molecule has 0 fully saturated rings. The van der Waals surface area contributed by atoms with Crippen molar-refractivity contribution in [2.24, 2.45) is 0 Å². The Morgan fingerprint density at radius 2 is 1.33 bits per heavy atom. The number of benzene rings is 3. The molecule has 0 aliphatic carbocycles. The first kappa shape index (κ1) is 17.7. The minimum atomic E-state index is 0.369. The maximum absolute atomic E-state index is 2.40. The summed E-state index contributed by atoms with van der Waals surface area (Å²) in [7, 11) is 0. The molecule has 1 unspecified atom stereocenters. The van der Waals surface area contributed by atoms with E-state index in [0.29, 0.717) is 5.25 Å². The van der Waals surface area contributed by atoms with E-state index in [-0.39, 0.29) is 0 Å². The van der Waals surface area contributed by atoms with Gasteiger partial charge in [0.25, 0.3) is 0 Å². The average Bonchev–Trinajstić information content (AvgIpc) is 3.14. The molecule has 1 heterocycles. The maximum Gasteiger partial charge on any atom is 0.0473 e. The smallest absolute Gasteiger partial charge is 0.0473 e. The van der Waals surface area contributed by atoms with Crippen LogP contribution in [0, 0.1) is 0 Å². The topological polar surface area (TPSA) is 4.93 Å². The Morgan fingerprint density at radius 1 is 0.741 bits per heavy atom. The highest BCUT2D eigenvalue weighted by atomic mass is 32.2. The fraction of sp³-hybridized carbons (Fsp3) is 0.120. The van der Waals surface area contributed by atoms with Gasteiger partial charge in [-0.05, 0) is 41.8 Å². The molecule has 4 rings (SSSR count). The zero-order valence-electron chi connectivity index (χ0n) is 15.5. The predicted octanol–water partition coefficient (Wildman–Crippen LogP) is 7.06. The molecule has 0 spiro atoms. The Kier molecular flexibility index (Phi) is 5.45. The van der Waals surface area contributed by atoms with Gasteiger partial charge in [-0.1, -0.05) is 78.9 Å². The van der Waals surface area contributed by atoms with E-state index >= 15 is 0 Å². The van der Waals surface area contributed by atoms with Crippen molar-refractivity contribution in [2.45, 2.75) is 23.6 Å². The van der Waals surface area contributed by atoms with Gasteiger partial charge in [0.1, 0.15) is 0 Å². The quantitative estimate of drug-likeness (QED) is 0.329. The maximum atomic E-state index is 2.40. The van der Waals surface area contributed by atoms with Crippen LogP contribution in [-0.4, -0.2) is 4.57 Å². The molecule has 1 aromatic heterocycles. The largest absolute Gasteiger partial charge is 0.345 e. The fourth-order valence-corrected chi connectivity index (χ4v) is 4.39. The van der Waals surface area contributed by atoms with E-state index in [9.17, 15) is 0 Å². The number of hydrogen-bond donors (Lipinski definition) is 0. The molecule has 0 saturated carbocycles. The monoisotopic (exact) mass is 369 g/mol. The Morgan fingerprint density at radius 3 is 2.00 bits per heavy atom. The standard InChI is InChI=1S/C25H23NS/c1-20(27-24-15-9-4-10-16-24)25-17-23(22-13-7-3-8-14-22)19-26(25)18-21-11-5-2-6-12-21/h2-17,19-20H,18H2,1H3. The molecule has 0 radical (unpaired) electrons. The van der Waals surface area contributed by atoms with Crippen LogP contribution in [0.4, 0.5) is 0 Å². The first-order valence-corrected chi connectivity index (χ1v) is 10.2. The molecule has 3 aromatic carbocycles. The van der Waals surface area contributed by atoms with Crippen molar-refractivity contribution in [3.8, 4) is 11.1 Å². The van der Waals surface area contributed by atoms with Crippen LogP contribution in [0.5, 0.6) is 0 Å². The minimum absolute atomic E-state index is 0.369. The Bertz CT molecular complexity index is 975. The summed E-state index contributed by atoms with van der Waals surface area (Å²) in [6.45, 7) is 3.19. The molecular weight excluding hydrogens is 346 g/mol. The van der Waals surface area contributed by atoms with Crippen LogP contribution >= 0.6 is 11.8 Å². The summed E-state index contributed by atoms with van der Waals surface area (Å²) in [5.41, 5.74) is 5.22. The van der Waals surface area contributed by atoms with Crippen LogP contribution < -0.4 is 0 Å². The average molecular weight is 370 g/mol. The summed E-state index contributed by atoms with van der Waals surface area (Å²) in [5, 5.41) is 0.369. The Labute approximate surface area is 165 Å². The van der Waals surface area contributed by atoms with Crippen LogP contribution in [0.15, 0.2) is 108 Å². The summed E-state index contributed by atoms with van der Waals surface area (Å²) < 4.78 is 2.40. The second-order valence-electron chi connectivity index (χ2n) is 6.71. The molecule has 0 aliphatic rings. The van der Waals surface area contributed by atoms with Crippen molar-refractivity contribution in [1.82, 2.24) is 4.57 Å². The lowest BCUT2D eigenvalue weighted by Crippen LogP contribution is -2.04. The molecule has 1 nitrogen and oxygen atoms in total. The molecule has 0 saturated heterocycles. The minimum Gasteiger partial charge on any atom is -0.345 e. The van der Waals surface area contributed by atoms with Gasteiger partial charge in [-0.2, -0.15) is 0 Å². The third-order valence-electron chi connectivity index (χ3n) is 4.71. The van der Waals surface area contributed by atoms with Gasteiger partial charge in [0.15, 0.2) is 0 Å². The summed E-state index contributed by atoms with van der Waals surface area (Å²) in [6, 6.07) is 34.3. The van der Waals surface area contributed by atoms with Crippen LogP contribution in [0.1, 0.15) is 23.4 Å². The Hall–Kier alpha value is -2.71. The van der Waals surface area contributed by atoms with Crippen LogP contribution in [-0.2, 0) is 6.54 Å². The molecule has 0 N–H and O–H groups in total. The third-order valence-corrected chi connectivity index (χ3v) is 5.84. The molecule has 1 atom stereocenters. The summed E-state index contributed by atoms with van der Waals surface area (Å²) >= 11 is 1.91. The van der Waals surface area contributed by atoms with E-state index in [1.54, 1.807) is 0 Å². The SMILES string of the molecule is CC(Sc1ccccc1)c1cc(-c2ccccc2)cn1Cc1ccccc1. The summed E-state index contributed by atoms with van der Waals surface area (Å²) in [5.74, 6) is 0. The molecule has 2 heteroatoms. The van der Waals surface area contributed by atoms with Crippen molar-refractivity contribution in [3.63, 3.8) is 0 Å². The van der Waals surface area contributed by atoms with Crippen molar-refractivity contribution in [2.75, 3.05) is 0 Å². The predicted molar refractivity (Wildman–Crippen MR) is 116 cm³/mol. The van der Waals surface area contributed by atoms with Gasteiger partial charge in [-0.15, -0.1) is 11.8 Å². The van der Waals surface area contributed by atoms with Crippen molar-refractivity contribution < 1.29 is 0 Å². The number of hydrogen-bond acceptors (Lipinski definition) is 1. The molecule has 27 heavy (non-hydrogen) atoms. The van der Waals surface area contributed by atoms with Crippen LogP contribution in [0.25, 0.3) is 11.1 Å². The number of rotatable bonds is 6. The highest BCUT2D eigenvalue weighted by Crippen LogP contribution is 2.37. The lowest BCUT2D eigenvalue weighted by molar-refractivity contribution is 0.746. The van der Waals surface area contributed by atoms with Gasteiger partial charge < -0.3 is 4.57 Å². The summed E-state index contributed by atoms with van der Waals surface area (Å²) in [6.07, 6.45) is 2.29. The van der Waals surface area contributed by atoms with Gasteiger partial charge in [0.2, 0.25) is 0 Å². The molecule has 4 aromatic rings. The lowest BCUT2D eigenvalue weighted by Gasteiger charge is -2.15. The van der Waals surface area contributed by atoms with Crippen molar-refractivity contribution in [3.05, 3.63) is 115 Å². The Balaban J connectivity index is 1.68. The molecule has 0 aliphatic heterocycles. The van der Waals surface area contributed by atoms with E-state index in [4.69, 9.17) is 0 Å². The van der Waals surface area contributed by atoms with E-state index in [1.807, 2.05) is 11.8 Å². The second-order valence-corrected chi connectivity index (χ2v) is 8.12. The van der Waals surface area contributed by atoms with Crippen molar-refractivity contribution >= 4 is 11.8 Å². The first-order valence-electron chi connectivity index (χ1n) is 9.31. The zero-order valence-corrected chi connectivity index (χ0v) is 16.3. The van der Waals surface area contributed by atoms with Crippen LogP contribution in [0.3, 0.4) is 0 Å². The zero-order chi connectivity index (χ0) is 18.5. The lowest BCUT2D eigenvalue weighted by atomic mass is 10.1. The molecule has 0 bridgehead atoms. The van der Waals surface area contributed by atoms with E-state index in [0.717, 1.165) is 6.54 Å². The first-order chi connectivity index (χ1) is 13.3. The van der Waals surface area contributed by atoms with Gasteiger partial charge in [-0.3, -0.25) is 0 Å². The highest BCUT2D eigenvalue weighted by molar-refractivity contribution is 7.99. The van der Waals surface area contributed by atoms with E-state index in [1.165, 1.54) is 27.3 Å². The number of thioether (sulfide) groups is 1. The molecular formula is C25H23NS. The normalized spacial score (nSPS) is 12.0. The summed E-state index contributed by atoms with van der Waals surface area (Å²) in [4.78, 5) is 1.30.